The number of rotatable bonds is 7. The first-order valence-electron chi connectivity index (χ1n) is 4.81. The molecule has 0 saturated heterocycles. The molecule has 0 aliphatic carbocycles. The topological polar surface area (TPSA) is 71.3 Å². The maximum Gasteiger partial charge on any atom is 0.239 e. The molecule has 0 fully saturated rings. The molecule has 0 atom stereocenters. The summed E-state index contributed by atoms with van der Waals surface area (Å²) in [5.41, 5.74) is -0.980. The van der Waals surface area contributed by atoms with Crippen molar-refractivity contribution in [3.05, 3.63) is 0 Å². The van der Waals surface area contributed by atoms with E-state index in [0.29, 0.717) is 26.4 Å². The lowest BCUT2D eigenvalue weighted by atomic mass is 9.95. The number of hydrogen-bond acceptors (Lipinski definition) is 4. The van der Waals surface area contributed by atoms with Crippen LogP contribution in [0.15, 0.2) is 0 Å². The third-order valence-electron chi connectivity index (χ3n) is 1.81. The molecular weight excluding hydrogens is 196 g/mol. The highest BCUT2D eigenvalue weighted by atomic mass is 16.5. The van der Waals surface area contributed by atoms with Crippen molar-refractivity contribution in [1.82, 2.24) is 5.32 Å². The Hall–Kier alpha value is -1.12. The fraction of sp³-hybridized carbons (Fsp3) is 0.800. The van der Waals surface area contributed by atoms with Gasteiger partial charge < -0.3 is 14.8 Å². The first-order chi connectivity index (χ1) is 7.04. The summed E-state index contributed by atoms with van der Waals surface area (Å²) in [7, 11) is 1.60. The van der Waals surface area contributed by atoms with Gasteiger partial charge in [-0.05, 0) is 13.8 Å². The lowest BCUT2D eigenvalue weighted by Gasteiger charge is -2.14. The molecule has 5 heteroatoms. The van der Waals surface area contributed by atoms with Gasteiger partial charge in [0.25, 0.3) is 0 Å². The second kappa shape index (κ2) is 7.21. The number of methoxy groups -OCH3 is 1. The van der Waals surface area contributed by atoms with Crippen LogP contribution >= 0.6 is 0 Å². The second-order valence-corrected chi connectivity index (χ2v) is 3.60. The van der Waals surface area contributed by atoms with Crippen LogP contribution < -0.4 is 5.32 Å². The lowest BCUT2D eigenvalue weighted by molar-refractivity contribution is -0.127. The van der Waals surface area contributed by atoms with Crippen LogP contribution in [0, 0.1) is 16.7 Å². The van der Waals surface area contributed by atoms with Crippen molar-refractivity contribution < 1.29 is 14.3 Å². The minimum absolute atomic E-state index is 0.277. The van der Waals surface area contributed by atoms with Crippen LogP contribution in [0.5, 0.6) is 0 Å². The Morgan fingerprint density at radius 2 is 2.07 bits per heavy atom. The number of nitriles is 1. The third kappa shape index (κ3) is 6.05. The summed E-state index contributed by atoms with van der Waals surface area (Å²) >= 11 is 0. The molecule has 1 N–H and O–H groups in total. The highest BCUT2D eigenvalue weighted by Gasteiger charge is 2.26. The van der Waals surface area contributed by atoms with Crippen LogP contribution in [0.4, 0.5) is 0 Å². The highest BCUT2D eigenvalue weighted by Crippen LogP contribution is 2.11. The zero-order chi connectivity index (χ0) is 11.7. The highest BCUT2D eigenvalue weighted by molar-refractivity contribution is 5.84. The molecule has 0 aromatic rings. The van der Waals surface area contributed by atoms with Crippen LogP contribution in [0.25, 0.3) is 0 Å². The van der Waals surface area contributed by atoms with Crippen molar-refractivity contribution in [1.29, 1.82) is 5.26 Å². The van der Waals surface area contributed by atoms with Gasteiger partial charge in [0, 0.05) is 13.7 Å². The largest absolute Gasteiger partial charge is 0.382 e. The summed E-state index contributed by atoms with van der Waals surface area (Å²) in [5, 5.41) is 11.3. The number of ether oxygens (including phenoxy) is 2. The van der Waals surface area contributed by atoms with Gasteiger partial charge in [0.1, 0.15) is 5.41 Å². The normalized spacial score (nSPS) is 10.8. The van der Waals surface area contributed by atoms with Crippen molar-refractivity contribution in [2.24, 2.45) is 5.41 Å². The van der Waals surface area contributed by atoms with Gasteiger partial charge in [-0.25, -0.2) is 0 Å². The number of hydrogen-bond donors (Lipinski definition) is 1. The van der Waals surface area contributed by atoms with Crippen LogP contribution in [0.3, 0.4) is 0 Å². The summed E-state index contributed by atoms with van der Waals surface area (Å²) in [6, 6.07) is 1.93. The predicted octanol–water partition coefficient (Wildman–Crippen LogP) is 0.315. The van der Waals surface area contributed by atoms with Crippen molar-refractivity contribution >= 4 is 5.91 Å². The Morgan fingerprint density at radius 3 is 2.60 bits per heavy atom. The monoisotopic (exact) mass is 214 g/mol. The van der Waals surface area contributed by atoms with Gasteiger partial charge in [0.15, 0.2) is 0 Å². The molecule has 0 radical (unpaired) electrons. The average Bonchev–Trinajstić information content (AvgIpc) is 2.22. The number of carbonyl (C=O) groups is 1. The van der Waals surface area contributed by atoms with Gasteiger partial charge >= 0.3 is 0 Å². The van der Waals surface area contributed by atoms with Crippen LogP contribution in [-0.2, 0) is 14.3 Å². The summed E-state index contributed by atoms with van der Waals surface area (Å²) in [4.78, 5) is 11.4. The second-order valence-electron chi connectivity index (χ2n) is 3.60. The molecule has 86 valence electrons. The quantitative estimate of drug-likeness (QED) is 0.619. The zero-order valence-electron chi connectivity index (χ0n) is 9.50. The molecule has 0 heterocycles. The average molecular weight is 214 g/mol. The summed E-state index contributed by atoms with van der Waals surface area (Å²) in [6.45, 7) is 5.04. The number of carbonyl (C=O) groups excluding carboxylic acids is 1. The Balaban J connectivity index is 3.53. The fourth-order valence-corrected chi connectivity index (χ4v) is 0.753. The number of nitrogens with zero attached hydrogens (tertiary/aromatic N) is 1. The number of amides is 1. The zero-order valence-corrected chi connectivity index (χ0v) is 9.50. The smallest absolute Gasteiger partial charge is 0.239 e. The van der Waals surface area contributed by atoms with Crippen LogP contribution in [0.2, 0.25) is 0 Å². The van der Waals surface area contributed by atoms with E-state index in [1.54, 1.807) is 21.0 Å². The molecule has 0 aromatic carbocycles. The van der Waals surface area contributed by atoms with Crippen molar-refractivity contribution in [3.8, 4) is 6.07 Å². The summed E-state index contributed by atoms with van der Waals surface area (Å²) in [5.74, 6) is -0.277. The van der Waals surface area contributed by atoms with Gasteiger partial charge in [-0.3, -0.25) is 4.79 Å². The Bertz CT molecular complexity index is 233. The molecule has 0 saturated carbocycles. The van der Waals surface area contributed by atoms with Crippen molar-refractivity contribution in [2.45, 2.75) is 13.8 Å². The molecule has 0 unspecified atom stereocenters. The van der Waals surface area contributed by atoms with Crippen LogP contribution in [-0.4, -0.2) is 39.4 Å². The van der Waals surface area contributed by atoms with Crippen molar-refractivity contribution in [2.75, 3.05) is 33.5 Å². The molecule has 0 bridgehead atoms. The molecular formula is C10H18N2O3. The van der Waals surface area contributed by atoms with Gasteiger partial charge in [-0.1, -0.05) is 0 Å². The summed E-state index contributed by atoms with van der Waals surface area (Å²) in [6.07, 6.45) is 0. The SMILES string of the molecule is COCCOCCNC(=O)C(C)(C)C#N. The minimum atomic E-state index is -0.980. The first-order valence-corrected chi connectivity index (χ1v) is 4.81. The van der Waals surface area contributed by atoms with E-state index < -0.39 is 5.41 Å². The van der Waals surface area contributed by atoms with E-state index >= 15 is 0 Å². The molecule has 1 amide bonds. The molecule has 0 aliphatic rings. The number of nitrogens with one attached hydrogen (secondary N) is 1. The molecule has 0 aromatic heterocycles. The van der Waals surface area contributed by atoms with E-state index in [9.17, 15) is 4.79 Å². The maximum absolute atomic E-state index is 11.4. The standard InChI is InChI=1S/C10H18N2O3/c1-10(2,8-11)9(13)12-4-5-15-7-6-14-3/h4-7H2,1-3H3,(H,12,13). The van der Waals surface area contributed by atoms with Gasteiger partial charge in [-0.2, -0.15) is 5.26 Å². The van der Waals surface area contributed by atoms with E-state index in [-0.39, 0.29) is 5.91 Å². The van der Waals surface area contributed by atoms with E-state index in [4.69, 9.17) is 14.7 Å². The van der Waals surface area contributed by atoms with Crippen LogP contribution in [0.1, 0.15) is 13.8 Å². The minimum Gasteiger partial charge on any atom is -0.382 e. The van der Waals surface area contributed by atoms with E-state index in [1.807, 2.05) is 6.07 Å². The Morgan fingerprint density at radius 1 is 1.40 bits per heavy atom. The molecule has 5 nitrogen and oxygen atoms in total. The molecule has 15 heavy (non-hydrogen) atoms. The molecule has 0 spiro atoms. The predicted molar refractivity (Wildman–Crippen MR) is 55.1 cm³/mol. The maximum atomic E-state index is 11.4. The first kappa shape index (κ1) is 13.9. The Kier molecular flexibility index (Phi) is 6.67. The molecule has 0 rings (SSSR count). The molecule has 0 aliphatic heterocycles. The van der Waals surface area contributed by atoms with E-state index in [2.05, 4.69) is 5.32 Å². The summed E-state index contributed by atoms with van der Waals surface area (Å²) < 4.78 is 9.93. The lowest BCUT2D eigenvalue weighted by Crippen LogP contribution is -2.37. The Labute approximate surface area is 90.4 Å². The van der Waals surface area contributed by atoms with Gasteiger partial charge in [0.2, 0.25) is 5.91 Å². The van der Waals surface area contributed by atoms with Crippen molar-refractivity contribution in [3.63, 3.8) is 0 Å². The third-order valence-corrected chi connectivity index (χ3v) is 1.81. The fourth-order valence-electron chi connectivity index (χ4n) is 0.753. The van der Waals surface area contributed by atoms with Gasteiger partial charge in [-0.15, -0.1) is 0 Å². The van der Waals surface area contributed by atoms with E-state index in [1.165, 1.54) is 0 Å². The van der Waals surface area contributed by atoms with Gasteiger partial charge in [0.05, 0.1) is 25.9 Å². The van der Waals surface area contributed by atoms with E-state index in [0.717, 1.165) is 0 Å².